The lowest BCUT2D eigenvalue weighted by molar-refractivity contribution is -0.134. The number of aromatic nitrogens is 3. The number of rotatable bonds is 6. The first-order valence-corrected chi connectivity index (χ1v) is 9.59. The minimum absolute atomic E-state index is 0.133. The van der Waals surface area contributed by atoms with E-state index in [-0.39, 0.29) is 17.4 Å². The lowest BCUT2D eigenvalue weighted by atomic mass is 9.71. The summed E-state index contributed by atoms with van der Waals surface area (Å²) in [6.07, 6.45) is 17.3. The summed E-state index contributed by atoms with van der Waals surface area (Å²) in [5, 5.41) is 4.34. The van der Waals surface area contributed by atoms with E-state index in [1.807, 2.05) is 29.8 Å². The summed E-state index contributed by atoms with van der Waals surface area (Å²) in [6, 6.07) is 0.269. The molecule has 0 spiro atoms. The lowest BCUT2D eigenvalue weighted by Crippen LogP contribution is -2.26. The zero-order valence-corrected chi connectivity index (χ0v) is 17.8. The molecule has 5 nitrogen and oxygen atoms in total. The van der Waals surface area contributed by atoms with Crippen molar-refractivity contribution in [3.63, 3.8) is 0 Å². The number of ether oxygens (including phenoxy) is 1. The number of allylic oxidation sites excluding steroid dienone is 9. The molecule has 0 unspecified atom stereocenters. The van der Waals surface area contributed by atoms with Crippen LogP contribution in [0.5, 0.6) is 0 Å². The highest BCUT2D eigenvalue weighted by molar-refractivity contribution is 5.83. The second-order valence-corrected chi connectivity index (χ2v) is 7.93. The lowest BCUT2D eigenvalue weighted by Gasteiger charge is -2.37. The summed E-state index contributed by atoms with van der Waals surface area (Å²) >= 11 is 0. The Kier molecular flexibility index (Phi) is 7.32. The van der Waals surface area contributed by atoms with Crippen LogP contribution in [0.3, 0.4) is 0 Å². The van der Waals surface area contributed by atoms with Gasteiger partial charge in [0.1, 0.15) is 12.7 Å². The van der Waals surface area contributed by atoms with Gasteiger partial charge < -0.3 is 4.74 Å². The molecule has 1 heterocycles. The highest BCUT2D eigenvalue weighted by Crippen LogP contribution is 2.45. The minimum Gasteiger partial charge on any atom is -0.466 e. The van der Waals surface area contributed by atoms with E-state index in [1.54, 1.807) is 12.7 Å². The largest absolute Gasteiger partial charge is 0.466 e. The Balaban J connectivity index is 2.18. The first kappa shape index (κ1) is 21.6. The second-order valence-electron chi connectivity index (χ2n) is 7.93. The Hall–Kier alpha value is -2.69. The maximum Gasteiger partial charge on any atom is 0.330 e. The zero-order chi connectivity index (χ0) is 20.7. The fraction of sp³-hybridized carbons (Fsp3) is 0.435. The van der Waals surface area contributed by atoms with E-state index < -0.39 is 0 Å². The molecule has 2 rings (SSSR count). The van der Waals surface area contributed by atoms with Gasteiger partial charge in [-0.3, -0.25) is 0 Å². The summed E-state index contributed by atoms with van der Waals surface area (Å²) < 4.78 is 6.59. The fourth-order valence-corrected chi connectivity index (χ4v) is 3.54. The number of carbonyl (C=O) groups excluding carboxylic acids is 1. The van der Waals surface area contributed by atoms with Crippen LogP contribution in [0.1, 0.15) is 53.5 Å². The van der Waals surface area contributed by atoms with Crippen LogP contribution < -0.4 is 0 Å². The molecule has 0 saturated carbocycles. The molecule has 1 aromatic heterocycles. The molecule has 0 radical (unpaired) electrons. The van der Waals surface area contributed by atoms with Crippen LogP contribution in [-0.2, 0) is 9.53 Å². The van der Waals surface area contributed by atoms with Gasteiger partial charge in [-0.1, -0.05) is 49.8 Å². The van der Waals surface area contributed by atoms with Gasteiger partial charge in [0.25, 0.3) is 0 Å². The Morgan fingerprint density at radius 2 is 2.04 bits per heavy atom. The van der Waals surface area contributed by atoms with Gasteiger partial charge in [0.2, 0.25) is 0 Å². The van der Waals surface area contributed by atoms with Crippen LogP contribution in [0.4, 0.5) is 0 Å². The average molecular weight is 382 g/mol. The molecule has 0 aromatic carbocycles. The van der Waals surface area contributed by atoms with Crippen LogP contribution in [0.2, 0.25) is 0 Å². The molecule has 1 atom stereocenters. The molecule has 28 heavy (non-hydrogen) atoms. The SMILES string of the molecule is COC(=O)/C=C(C)/C=C/C=C(C)/C=C/C1=C(C)[C@@H](n2cncn2)CCC1(C)C. The van der Waals surface area contributed by atoms with Gasteiger partial charge in [-0.05, 0) is 55.7 Å². The third-order valence-electron chi connectivity index (χ3n) is 5.23. The minimum atomic E-state index is -0.341. The molecule has 0 aliphatic heterocycles. The van der Waals surface area contributed by atoms with Crippen LogP contribution >= 0.6 is 0 Å². The Morgan fingerprint density at radius 3 is 2.68 bits per heavy atom. The highest BCUT2D eigenvalue weighted by Gasteiger charge is 2.32. The van der Waals surface area contributed by atoms with Crippen molar-refractivity contribution in [3.8, 4) is 0 Å². The van der Waals surface area contributed by atoms with Gasteiger partial charge in [-0.25, -0.2) is 14.5 Å². The Bertz CT molecular complexity index is 837. The topological polar surface area (TPSA) is 57.0 Å². The number of hydrogen-bond acceptors (Lipinski definition) is 4. The molecule has 0 amide bonds. The van der Waals surface area contributed by atoms with Gasteiger partial charge in [-0.2, -0.15) is 5.10 Å². The molecule has 1 aliphatic carbocycles. The van der Waals surface area contributed by atoms with Crippen molar-refractivity contribution in [1.82, 2.24) is 14.8 Å². The predicted molar refractivity (Wildman–Crippen MR) is 113 cm³/mol. The molecule has 0 saturated heterocycles. The average Bonchev–Trinajstić information content (AvgIpc) is 3.15. The monoisotopic (exact) mass is 381 g/mol. The van der Waals surface area contributed by atoms with E-state index in [2.05, 4.69) is 54.7 Å². The fourth-order valence-electron chi connectivity index (χ4n) is 3.54. The van der Waals surface area contributed by atoms with Gasteiger partial charge in [0, 0.05) is 6.08 Å². The van der Waals surface area contributed by atoms with E-state index in [4.69, 9.17) is 0 Å². The highest BCUT2D eigenvalue weighted by atomic mass is 16.5. The normalized spacial score (nSPS) is 21.0. The van der Waals surface area contributed by atoms with Crippen molar-refractivity contribution in [2.24, 2.45) is 5.41 Å². The maximum atomic E-state index is 11.2. The second kappa shape index (κ2) is 9.49. The number of methoxy groups -OCH3 is 1. The summed E-state index contributed by atoms with van der Waals surface area (Å²) in [5.74, 6) is -0.341. The van der Waals surface area contributed by atoms with E-state index in [0.29, 0.717) is 0 Å². The van der Waals surface area contributed by atoms with Crippen LogP contribution in [0, 0.1) is 5.41 Å². The first-order valence-electron chi connectivity index (χ1n) is 9.59. The van der Waals surface area contributed by atoms with Crippen molar-refractivity contribution < 1.29 is 9.53 Å². The smallest absolute Gasteiger partial charge is 0.330 e. The van der Waals surface area contributed by atoms with Crippen LogP contribution in [0.25, 0.3) is 0 Å². The van der Waals surface area contributed by atoms with Crippen LogP contribution in [-0.4, -0.2) is 27.8 Å². The first-order chi connectivity index (χ1) is 13.2. The molecular weight excluding hydrogens is 350 g/mol. The van der Waals surface area contributed by atoms with E-state index >= 15 is 0 Å². The standard InChI is InChI=1S/C23H31N3O2/c1-17(8-7-9-18(2)14-22(27)28-6)10-11-20-19(3)21(12-13-23(20,4)5)26-16-24-15-25-26/h7-11,14-16,21H,12-13H2,1-6H3/b9-7+,11-10+,17-8+,18-14+/t21-/m0/s1. The van der Waals surface area contributed by atoms with Crippen LogP contribution in [0.15, 0.2) is 71.4 Å². The maximum absolute atomic E-state index is 11.2. The Labute approximate surface area is 168 Å². The molecule has 1 aromatic rings. The molecule has 0 fully saturated rings. The third-order valence-corrected chi connectivity index (χ3v) is 5.23. The van der Waals surface area contributed by atoms with E-state index in [0.717, 1.165) is 24.0 Å². The zero-order valence-electron chi connectivity index (χ0n) is 17.8. The van der Waals surface area contributed by atoms with Crippen molar-refractivity contribution in [2.75, 3.05) is 7.11 Å². The van der Waals surface area contributed by atoms with Gasteiger partial charge in [0.15, 0.2) is 0 Å². The van der Waals surface area contributed by atoms with Crippen molar-refractivity contribution in [1.29, 1.82) is 0 Å². The van der Waals surface area contributed by atoms with Gasteiger partial charge in [-0.15, -0.1) is 0 Å². The quantitative estimate of drug-likeness (QED) is 0.389. The molecule has 150 valence electrons. The molecule has 0 N–H and O–H groups in total. The summed E-state index contributed by atoms with van der Waals surface area (Å²) in [7, 11) is 1.38. The molecule has 1 aliphatic rings. The van der Waals surface area contributed by atoms with Crippen molar-refractivity contribution >= 4 is 5.97 Å². The summed E-state index contributed by atoms with van der Waals surface area (Å²) in [4.78, 5) is 15.3. The number of esters is 1. The molecule has 0 bridgehead atoms. The summed E-state index contributed by atoms with van der Waals surface area (Å²) in [5.41, 5.74) is 4.83. The molecular formula is C23H31N3O2. The van der Waals surface area contributed by atoms with Crippen molar-refractivity contribution in [2.45, 2.75) is 53.5 Å². The van der Waals surface area contributed by atoms with Gasteiger partial charge >= 0.3 is 5.97 Å². The summed E-state index contributed by atoms with van der Waals surface area (Å²) in [6.45, 7) is 10.7. The number of nitrogens with zero attached hydrogens (tertiary/aromatic N) is 3. The third kappa shape index (κ3) is 5.65. The van der Waals surface area contributed by atoms with Crippen molar-refractivity contribution in [3.05, 3.63) is 71.4 Å². The van der Waals surface area contributed by atoms with Gasteiger partial charge in [0.05, 0.1) is 13.2 Å². The number of carbonyl (C=O) groups is 1. The van der Waals surface area contributed by atoms with E-state index in [9.17, 15) is 4.79 Å². The van der Waals surface area contributed by atoms with E-state index in [1.165, 1.54) is 24.3 Å². The Morgan fingerprint density at radius 1 is 1.29 bits per heavy atom. The predicted octanol–water partition coefficient (Wildman–Crippen LogP) is 5.13. The number of hydrogen-bond donors (Lipinski definition) is 0. The molecule has 5 heteroatoms.